The lowest BCUT2D eigenvalue weighted by Crippen LogP contribution is -2.35. The van der Waals surface area contributed by atoms with Crippen LogP contribution in [0.5, 0.6) is 0 Å². The minimum absolute atomic E-state index is 0.133. The molecular weight excluding hydrogens is 254 g/mol. The third kappa shape index (κ3) is 1.66. The average Bonchev–Trinajstić information content (AvgIpc) is 2.92. The van der Waals surface area contributed by atoms with E-state index in [0.717, 1.165) is 16.8 Å². The van der Waals surface area contributed by atoms with E-state index >= 15 is 0 Å². The number of hydrogen-bond donors (Lipinski definition) is 0. The fourth-order valence-electron chi connectivity index (χ4n) is 2.71. The molecule has 104 valence electrons. The van der Waals surface area contributed by atoms with E-state index < -0.39 is 5.41 Å². The number of aromatic nitrogens is 2. The molecule has 1 aliphatic heterocycles. The summed E-state index contributed by atoms with van der Waals surface area (Å²) in [6.45, 7) is 8.31. The molecule has 0 fully saturated rings. The molecule has 0 bridgehead atoms. The number of aryl methyl sites for hydroxylation is 1. The molecule has 20 heavy (non-hydrogen) atoms. The molecule has 0 spiro atoms. The van der Waals surface area contributed by atoms with Gasteiger partial charge in [0.1, 0.15) is 0 Å². The van der Waals surface area contributed by atoms with Crippen molar-refractivity contribution in [1.82, 2.24) is 10.2 Å². The number of amides is 1. The van der Waals surface area contributed by atoms with Crippen LogP contribution in [0.25, 0.3) is 11.5 Å². The van der Waals surface area contributed by atoms with Gasteiger partial charge in [0, 0.05) is 24.7 Å². The molecule has 1 amide bonds. The van der Waals surface area contributed by atoms with Crippen molar-refractivity contribution in [2.24, 2.45) is 0 Å². The Hall–Kier alpha value is -2.17. The zero-order valence-corrected chi connectivity index (χ0v) is 12.1. The van der Waals surface area contributed by atoms with Crippen LogP contribution in [0.4, 0.5) is 5.69 Å². The molecule has 2 aromatic rings. The Morgan fingerprint density at radius 3 is 2.65 bits per heavy atom. The Balaban J connectivity index is 2.14. The first kappa shape index (κ1) is 12.8. The molecule has 1 aliphatic rings. The Kier molecular flexibility index (Phi) is 2.67. The summed E-state index contributed by atoms with van der Waals surface area (Å²) in [5.74, 6) is 1.15. The highest BCUT2D eigenvalue weighted by atomic mass is 16.4. The summed E-state index contributed by atoms with van der Waals surface area (Å²) in [7, 11) is 0. The van der Waals surface area contributed by atoms with Gasteiger partial charge in [0.05, 0.1) is 5.41 Å². The molecule has 1 aromatic heterocycles. The zero-order valence-electron chi connectivity index (χ0n) is 12.1. The van der Waals surface area contributed by atoms with Crippen LogP contribution in [-0.2, 0) is 10.2 Å². The molecule has 0 radical (unpaired) electrons. The van der Waals surface area contributed by atoms with Crippen LogP contribution < -0.4 is 4.90 Å². The van der Waals surface area contributed by atoms with E-state index in [9.17, 15) is 4.79 Å². The quantitative estimate of drug-likeness (QED) is 0.842. The molecule has 5 nitrogen and oxygen atoms in total. The summed E-state index contributed by atoms with van der Waals surface area (Å²) in [5, 5.41) is 7.87. The summed E-state index contributed by atoms with van der Waals surface area (Å²) >= 11 is 0. The van der Waals surface area contributed by atoms with Crippen molar-refractivity contribution in [2.45, 2.75) is 33.1 Å². The number of fused-ring (bicyclic) bond motifs is 1. The van der Waals surface area contributed by atoms with Gasteiger partial charge in [-0.2, -0.15) is 0 Å². The molecule has 0 N–H and O–H groups in total. The van der Waals surface area contributed by atoms with Gasteiger partial charge in [-0.05, 0) is 38.5 Å². The predicted octanol–water partition coefficient (Wildman–Crippen LogP) is 2.69. The van der Waals surface area contributed by atoms with E-state index in [1.165, 1.54) is 0 Å². The highest BCUT2D eigenvalue weighted by Crippen LogP contribution is 2.42. The Bertz CT molecular complexity index is 688. The Morgan fingerprint density at radius 2 is 2.05 bits per heavy atom. The maximum absolute atomic E-state index is 12.4. The van der Waals surface area contributed by atoms with Crippen LogP contribution in [0.15, 0.2) is 22.6 Å². The van der Waals surface area contributed by atoms with E-state index in [1.807, 2.05) is 43.9 Å². The monoisotopic (exact) mass is 271 g/mol. The molecule has 0 saturated carbocycles. The lowest BCUT2D eigenvalue weighted by Gasteiger charge is -2.18. The number of likely N-dealkylation sites (N-methyl/N-ethyl adjacent to an activating group) is 1. The van der Waals surface area contributed by atoms with Crippen LogP contribution >= 0.6 is 0 Å². The van der Waals surface area contributed by atoms with Crippen LogP contribution in [0.2, 0.25) is 0 Å². The van der Waals surface area contributed by atoms with Crippen LogP contribution in [-0.4, -0.2) is 22.6 Å². The number of hydrogen-bond acceptors (Lipinski definition) is 4. The number of nitrogens with zero attached hydrogens (tertiary/aromatic N) is 3. The minimum atomic E-state index is -0.478. The molecule has 2 heterocycles. The van der Waals surface area contributed by atoms with Crippen molar-refractivity contribution >= 4 is 11.6 Å². The zero-order chi connectivity index (χ0) is 14.5. The van der Waals surface area contributed by atoms with Crippen LogP contribution in [0.3, 0.4) is 0 Å². The minimum Gasteiger partial charge on any atom is -0.421 e. The van der Waals surface area contributed by atoms with Crippen molar-refractivity contribution in [1.29, 1.82) is 0 Å². The molecule has 5 heteroatoms. The molecular formula is C15H17N3O2. The fraction of sp³-hybridized carbons (Fsp3) is 0.400. The van der Waals surface area contributed by atoms with Crippen molar-refractivity contribution in [2.75, 3.05) is 11.4 Å². The van der Waals surface area contributed by atoms with Gasteiger partial charge in [-0.25, -0.2) is 0 Å². The first-order chi connectivity index (χ1) is 9.45. The van der Waals surface area contributed by atoms with Gasteiger partial charge in [0.2, 0.25) is 17.7 Å². The number of anilines is 1. The van der Waals surface area contributed by atoms with Crippen LogP contribution in [0.1, 0.15) is 32.2 Å². The number of rotatable bonds is 2. The van der Waals surface area contributed by atoms with Crippen LogP contribution in [0, 0.1) is 6.92 Å². The van der Waals surface area contributed by atoms with Gasteiger partial charge >= 0.3 is 0 Å². The normalized spacial score (nSPS) is 16.6. The van der Waals surface area contributed by atoms with E-state index in [0.29, 0.717) is 18.3 Å². The topological polar surface area (TPSA) is 59.2 Å². The summed E-state index contributed by atoms with van der Waals surface area (Å²) in [6, 6.07) is 5.87. The summed E-state index contributed by atoms with van der Waals surface area (Å²) < 4.78 is 5.45. The SMILES string of the molecule is CCN1C(=O)C(C)(C)c2ccc(-c3nnc(C)o3)cc21. The Labute approximate surface area is 117 Å². The third-order valence-corrected chi connectivity index (χ3v) is 3.83. The molecule has 1 aromatic carbocycles. The second kappa shape index (κ2) is 4.16. The number of carbonyl (C=O) groups is 1. The molecule has 0 saturated heterocycles. The number of benzene rings is 1. The second-order valence-corrected chi connectivity index (χ2v) is 5.53. The van der Waals surface area contributed by atoms with E-state index in [1.54, 1.807) is 6.92 Å². The first-order valence-corrected chi connectivity index (χ1v) is 6.72. The number of carbonyl (C=O) groups excluding carboxylic acids is 1. The second-order valence-electron chi connectivity index (χ2n) is 5.53. The predicted molar refractivity (Wildman–Crippen MR) is 75.5 cm³/mol. The Morgan fingerprint density at radius 1 is 1.30 bits per heavy atom. The van der Waals surface area contributed by atoms with Gasteiger partial charge in [0.15, 0.2) is 0 Å². The maximum Gasteiger partial charge on any atom is 0.247 e. The van der Waals surface area contributed by atoms with Crippen molar-refractivity contribution < 1.29 is 9.21 Å². The molecule has 0 aliphatic carbocycles. The fourth-order valence-corrected chi connectivity index (χ4v) is 2.71. The summed E-state index contributed by atoms with van der Waals surface area (Å²) in [4.78, 5) is 14.2. The van der Waals surface area contributed by atoms with Gasteiger partial charge in [-0.15, -0.1) is 10.2 Å². The lowest BCUT2D eigenvalue weighted by molar-refractivity contribution is -0.122. The standard InChI is InChI=1S/C15H17N3O2/c1-5-18-12-8-10(13-17-16-9(2)20-13)6-7-11(12)15(3,4)14(18)19/h6-8H,5H2,1-4H3. The highest BCUT2D eigenvalue weighted by molar-refractivity contribution is 6.08. The van der Waals surface area contributed by atoms with E-state index in [-0.39, 0.29) is 5.91 Å². The molecule has 3 rings (SSSR count). The molecule has 0 unspecified atom stereocenters. The summed E-state index contributed by atoms with van der Waals surface area (Å²) in [6.07, 6.45) is 0. The van der Waals surface area contributed by atoms with Gasteiger partial charge in [-0.1, -0.05) is 6.07 Å². The molecule has 0 atom stereocenters. The third-order valence-electron chi connectivity index (χ3n) is 3.83. The van der Waals surface area contributed by atoms with E-state index in [4.69, 9.17) is 4.42 Å². The maximum atomic E-state index is 12.4. The first-order valence-electron chi connectivity index (χ1n) is 6.72. The largest absolute Gasteiger partial charge is 0.421 e. The van der Waals surface area contributed by atoms with Gasteiger partial charge in [0.25, 0.3) is 0 Å². The summed E-state index contributed by atoms with van der Waals surface area (Å²) in [5.41, 5.74) is 2.35. The average molecular weight is 271 g/mol. The van der Waals surface area contributed by atoms with Gasteiger partial charge in [-0.3, -0.25) is 4.79 Å². The van der Waals surface area contributed by atoms with Crippen molar-refractivity contribution in [3.05, 3.63) is 29.7 Å². The van der Waals surface area contributed by atoms with Crippen molar-refractivity contribution in [3.8, 4) is 11.5 Å². The highest BCUT2D eigenvalue weighted by Gasteiger charge is 2.43. The van der Waals surface area contributed by atoms with Gasteiger partial charge < -0.3 is 9.32 Å². The van der Waals surface area contributed by atoms with E-state index in [2.05, 4.69) is 10.2 Å². The lowest BCUT2D eigenvalue weighted by atomic mass is 9.86. The van der Waals surface area contributed by atoms with Crippen molar-refractivity contribution in [3.63, 3.8) is 0 Å². The smallest absolute Gasteiger partial charge is 0.247 e.